The van der Waals surface area contributed by atoms with Crippen LogP contribution < -0.4 is 5.32 Å². The van der Waals surface area contributed by atoms with Gasteiger partial charge < -0.3 is 5.32 Å². The molecule has 0 unspecified atom stereocenters. The minimum atomic E-state index is -0.291. The summed E-state index contributed by atoms with van der Waals surface area (Å²) in [5.41, 5.74) is 2.25. The van der Waals surface area contributed by atoms with Crippen LogP contribution in [0.15, 0.2) is 40.9 Å². The average molecular weight is 312 g/mol. The quantitative estimate of drug-likeness (QED) is 0.870. The zero-order chi connectivity index (χ0) is 13.1. The SMILES string of the molecule is Cc1c(F)cccc1NCc1ccc(F)c(Br)c1. The Kier molecular flexibility index (Phi) is 3.97. The van der Waals surface area contributed by atoms with E-state index in [0.29, 0.717) is 16.6 Å². The van der Waals surface area contributed by atoms with Gasteiger partial charge in [0.05, 0.1) is 4.47 Å². The van der Waals surface area contributed by atoms with Gasteiger partial charge in [0.25, 0.3) is 0 Å². The lowest BCUT2D eigenvalue weighted by Crippen LogP contribution is -2.02. The summed E-state index contributed by atoms with van der Waals surface area (Å²) < 4.78 is 26.8. The maximum absolute atomic E-state index is 13.3. The van der Waals surface area contributed by atoms with Crippen LogP contribution in [0, 0.1) is 18.6 Å². The van der Waals surface area contributed by atoms with E-state index >= 15 is 0 Å². The second-order valence-electron chi connectivity index (χ2n) is 4.01. The predicted molar refractivity (Wildman–Crippen MR) is 72.6 cm³/mol. The zero-order valence-corrected chi connectivity index (χ0v) is 11.4. The second kappa shape index (κ2) is 5.48. The molecule has 2 rings (SSSR count). The van der Waals surface area contributed by atoms with Gasteiger partial charge in [0.1, 0.15) is 11.6 Å². The first kappa shape index (κ1) is 13.0. The van der Waals surface area contributed by atoms with Gasteiger partial charge in [-0.2, -0.15) is 0 Å². The molecular formula is C14H12BrF2N. The molecular weight excluding hydrogens is 300 g/mol. The van der Waals surface area contributed by atoms with Crippen LogP contribution in [0.3, 0.4) is 0 Å². The Bertz CT molecular complexity index is 570. The van der Waals surface area contributed by atoms with E-state index < -0.39 is 0 Å². The summed E-state index contributed by atoms with van der Waals surface area (Å²) in [4.78, 5) is 0. The van der Waals surface area contributed by atoms with Gasteiger partial charge in [-0.3, -0.25) is 0 Å². The minimum absolute atomic E-state index is 0.236. The molecule has 0 heterocycles. The van der Waals surface area contributed by atoms with Crippen molar-refractivity contribution in [1.82, 2.24) is 0 Å². The molecule has 18 heavy (non-hydrogen) atoms. The van der Waals surface area contributed by atoms with Crippen LogP contribution in [0.2, 0.25) is 0 Å². The molecule has 0 aliphatic heterocycles. The number of benzene rings is 2. The molecule has 1 N–H and O–H groups in total. The molecule has 0 aliphatic carbocycles. The molecule has 0 bridgehead atoms. The Morgan fingerprint density at radius 2 is 1.89 bits per heavy atom. The lowest BCUT2D eigenvalue weighted by Gasteiger charge is -2.10. The monoisotopic (exact) mass is 311 g/mol. The van der Waals surface area contributed by atoms with Crippen molar-refractivity contribution in [3.63, 3.8) is 0 Å². The molecule has 2 aromatic rings. The Morgan fingerprint density at radius 3 is 2.61 bits per heavy atom. The van der Waals surface area contributed by atoms with Crippen molar-refractivity contribution in [2.24, 2.45) is 0 Å². The van der Waals surface area contributed by atoms with Crippen molar-refractivity contribution in [2.75, 3.05) is 5.32 Å². The molecule has 0 radical (unpaired) electrons. The Labute approximate surface area is 113 Å². The fourth-order valence-corrected chi connectivity index (χ4v) is 2.07. The number of halogens is 3. The van der Waals surface area contributed by atoms with Gasteiger partial charge in [-0.15, -0.1) is 0 Å². The standard InChI is InChI=1S/C14H12BrF2N/c1-9-12(16)3-2-4-14(9)18-8-10-5-6-13(17)11(15)7-10/h2-7,18H,8H2,1H3. The van der Waals surface area contributed by atoms with E-state index in [0.717, 1.165) is 11.3 Å². The zero-order valence-electron chi connectivity index (χ0n) is 9.81. The van der Waals surface area contributed by atoms with Crippen LogP contribution in [0.4, 0.5) is 14.5 Å². The summed E-state index contributed by atoms with van der Waals surface area (Å²) >= 11 is 3.14. The topological polar surface area (TPSA) is 12.0 Å². The molecule has 0 aromatic heterocycles. The number of nitrogens with one attached hydrogen (secondary N) is 1. The minimum Gasteiger partial charge on any atom is -0.381 e. The van der Waals surface area contributed by atoms with Gasteiger partial charge in [0, 0.05) is 17.8 Å². The Morgan fingerprint density at radius 1 is 1.11 bits per heavy atom. The second-order valence-corrected chi connectivity index (χ2v) is 4.87. The van der Waals surface area contributed by atoms with Crippen LogP contribution in [0.1, 0.15) is 11.1 Å². The highest BCUT2D eigenvalue weighted by Gasteiger charge is 2.04. The first-order chi connectivity index (χ1) is 8.58. The van der Waals surface area contributed by atoms with Gasteiger partial charge in [-0.25, -0.2) is 8.78 Å². The highest BCUT2D eigenvalue weighted by atomic mass is 79.9. The predicted octanol–water partition coefficient (Wildman–Crippen LogP) is 4.65. The highest BCUT2D eigenvalue weighted by molar-refractivity contribution is 9.10. The molecule has 94 valence electrons. The molecule has 0 saturated heterocycles. The largest absolute Gasteiger partial charge is 0.381 e. The molecule has 2 aromatic carbocycles. The van der Waals surface area contributed by atoms with Crippen molar-refractivity contribution < 1.29 is 8.78 Å². The lowest BCUT2D eigenvalue weighted by atomic mass is 10.1. The van der Waals surface area contributed by atoms with Crippen LogP contribution in [-0.2, 0) is 6.54 Å². The van der Waals surface area contributed by atoms with Gasteiger partial charge in [-0.1, -0.05) is 12.1 Å². The summed E-state index contributed by atoms with van der Waals surface area (Å²) in [6.07, 6.45) is 0. The highest BCUT2D eigenvalue weighted by Crippen LogP contribution is 2.20. The van der Waals surface area contributed by atoms with E-state index in [-0.39, 0.29) is 11.6 Å². The van der Waals surface area contributed by atoms with Crippen LogP contribution >= 0.6 is 15.9 Å². The summed E-state index contributed by atoms with van der Waals surface area (Å²) in [6, 6.07) is 9.70. The average Bonchev–Trinajstić information content (AvgIpc) is 2.35. The first-order valence-corrected chi connectivity index (χ1v) is 6.30. The first-order valence-electron chi connectivity index (χ1n) is 5.51. The molecule has 0 fully saturated rings. The molecule has 0 atom stereocenters. The maximum atomic E-state index is 13.3. The number of hydrogen-bond donors (Lipinski definition) is 1. The third-order valence-electron chi connectivity index (χ3n) is 2.73. The van der Waals surface area contributed by atoms with Crippen molar-refractivity contribution in [3.05, 3.63) is 63.6 Å². The fourth-order valence-electron chi connectivity index (χ4n) is 1.65. The molecule has 0 saturated carbocycles. The van der Waals surface area contributed by atoms with Crippen LogP contribution in [0.5, 0.6) is 0 Å². The third-order valence-corrected chi connectivity index (χ3v) is 3.34. The van der Waals surface area contributed by atoms with Gasteiger partial charge in [-0.05, 0) is 52.7 Å². The van der Waals surface area contributed by atoms with E-state index in [9.17, 15) is 8.78 Å². The van der Waals surface area contributed by atoms with Gasteiger partial charge in [0.2, 0.25) is 0 Å². The molecule has 0 aliphatic rings. The molecule has 0 amide bonds. The van der Waals surface area contributed by atoms with E-state index in [1.165, 1.54) is 12.1 Å². The molecule has 0 spiro atoms. The number of rotatable bonds is 3. The van der Waals surface area contributed by atoms with Crippen molar-refractivity contribution in [1.29, 1.82) is 0 Å². The summed E-state index contributed by atoms with van der Waals surface area (Å²) in [6.45, 7) is 2.24. The summed E-state index contributed by atoms with van der Waals surface area (Å²) in [5.74, 6) is -0.527. The fraction of sp³-hybridized carbons (Fsp3) is 0.143. The number of hydrogen-bond acceptors (Lipinski definition) is 1. The van der Waals surface area contributed by atoms with E-state index in [1.807, 2.05) is 6.07 Å². The lowest BCUT2D eigenvalue weighted by molar-refractivity contribution is 0.619. The Balaban J connectivity index is 2.11. The summed E-state index contributed by atoms with van der Waals surface area (Å²) in [7, 11) is 0. The smallest absolute Gasteiger partial charge is 0.137 e. The van der Waals surface area contributed by atoms with E-state index in [2.05, 4.69) is 21.2 Å². The van der Waals surface area contributed by atoms with Crippen molar-refractivity contribution >= 4 is 21.6 Å². The van der Waals surface area contributed by atoms with Crippen molar-refractivity contribution in [2.45, 2.75) is 13.5 Å². The van der Waals surface area contributed by atoms with Crippen LogP contribution in [0.25, 0.3) is 0 Å². The Hall–Kier alpha value is -1.42. The maximum Gasteiger partial charge on any atom is 0.137 e. The van der Waals surface area contributed by atoms with Gasteiger partial charge >= 0.3 is 0 Å². The summed E-state index contributed by atoms with van der Waals surface area (Å²) in [5, 5.41) is 3.13. The molecule has 4 heteroatoms. The number of anilines is 1. The van der Waals surface area contributed by atoms with Gasteiger partial charge in [0.15, 0.2) is 0 Å². The third kappa shape index (κ3) is 2.88. The van der Waals surface area contributed by atoms with Crippen molar-refractivity contribution in [3.8, 4) is 0 Å². The van der Waals surface area contributed by atoms with E-state index in [4.69, 9.17) is 0 Å². The normalized spacial score (nSPS) is 10.4. The van der Waals surface area contributed by atoms with E-state index in [1.54, 1.807) is 25.1 Å². The van der Waals surface area contributed by atoms with Crippen LogP contribution in [-0.4, -0.2) is 0 Å². The molecule has 1 nitrogen and oxygen atoms in total.